The van der Waals surface area contributed by atoms with Crippen molar-refractivity contribution < 1.29 is 14.3 Å². The largest absolute Gasteiger partial charge is 0.497 e. The number of aryl methyl sites for hydroxylation is 1. The van der Waals surface area contributed by atoms with Gasteiger partial charge in [-0.1, -0.05) is 36.8 Å². The number of hydrogen-bond donors (Lipinski definition) is 1. The van der Waals surface area contributed by atoms with Gasteiger partial charge in [0.2, 0.25) is 0 Å². The maximum atomic E-state index is 12.3. The average molecular weight is 313 g/mol. The molecule has 23 heavy (non-hydrogen) atoms. The van der Waals surface area contributed by atoms with Crippen molar-refractivity contribution in [2.45, 2.75) is 32.9 Å². The fraction of sp³-hybridized carbons (Fsp3) is 0.316. The summed E-state index contributed by atoms with van der Waals surface area (Å²) in [5.74, 6) is 1.31. The highest BCUT2D eigenvalue weighted by atomic mass is 16.5. The van der Waals surface area contributed by atoms with Crippen LogP contribution in [-0.4, -0.2) is 19.1 Å². The van der Waals surface area contributed by atoms with Crippen LogP contribution in [0.2, 0.25) is 0 Å². The second kappa shape index (κ2) is 8.22. The zero-order valence-corrected chi connectivity index (χ0v) is 13.8. The van der Waals surface area contributed by atoms with Crippen LogP contribution < -0.4 is 14.8 Å². The molecule has 0 radical (unpaired) electrons. The predicted molar refractivity (Wildman–Crippen MR) is 90.7 cm³/mol. The Morgan fingerprint density at radius 1 is 1.13 bits per heavy atom. The zero-order chi connectivity index (χ0) is 16.7. The Hall–Kier alpha value is -2.49. The molecule has 1 N–H and O–H groups in total. The van der Waals surface area contributed by atoms with E-state index in [1.165, 1.54) is 5.56 Å². The van der Waals surface area contributed by atoms with Crippen molar-refractivity contribution in [2.24, 2.45) is 0 Å². The van der Waals surface area contributed by atoms with E-state index in [4.69, 9.17) is 9.47 Å². The third kappa shape index (κ3) is 5.02. The molecule has 0 aliphatic heterocycles. The summed E-state index contributed by atoms with van der Waals surface area (Å²) < 4.78 is 10.9. The van der Waals surface area contributed by atoms with Crippen LogP contribution in [0, 0.1) is 6.92 Å². The number of carbonyl (C=O) groups excluding carboxylic acids is 1. The third-order valence-corrected chi connectivity index (χ3v) is 3.55. The number of benzene rings is 2. The van der Waals surface area contributed by atoms with Gasteiger partial charge in [0.05, 0.1) is 7.11 Å². The van der Waals surface area contributed by atoms with Gasteiger partial charge >= 0.3 is 0 Å². The molecule has 0 aromatic heterocycles. The van der Waals surface area contributed by atoms with Gasteiger partial charge in [-0.3, -0.25) is 4.79 Å². The summed E-state index contributed by atoms with van der Waals surface area (Å²) >= 11 is 0. The Kier molecular flexibility index (Phi) is 6.03. The molecule has 0 fully saturated rings. The molecule has 1 unspecified atom stereocenters. The summed E-state index contributed by atoms with van der Waals surface area (Å²) in [4.78, 5) is 12.3. The van der Waals surface area contributed by atoms with Crippen molar-refractivity contribution in [3.63, 3.8) is 0 Å². The van der Waals surface area contributed by atoms with Gasteiger partial charge in [0.1, 0.15) is 11.5 Å². The molecule has 122 valence electrons. The molecule has 1 amide bonds. The summed E-state index contributed by atoms with van der Waals surface area (Å²) in [7, 11) is 1.61. The normalized spacial score (nSPS) is 11.6. The minimum absolute atomic E-state index is 0.107. The van der Waals surface area contributed by atoms with Gasteiger partial charge in [-0.2, -0.15) is 0 Å². The van der Waals surface area contributed by atoms with E-state index in [9.17, 15) is 4.79 Å². The first-order valence-electron chi connectivity index (χ1n) is 7.76. The summed E-state index contributed by atoms with van der Waals surface area (Å²) in [6.45, 7) is 4.47. The molecule has 2 rings (SSSR count). The van der Waals surface area contributed by atoms with Crippen LogP contribution in [0.25, 0.3) is 0 Å². The Morgan fingerprint density at radius 3 is 2.43 bits per heavy atom. The topological polar surface area (TPSA) is 47.6 Å². The minimum atomic E-state index is -0.506. The first kappa shape index (κ1) is 16.9. The first-order chi connectivity index (χ1) is 11.1. The summed E-state index contributed by atoms with van der Waals surface area (Å²) in [5.41, 5.74) is 2.26. The van der Waals surface area contributed by atoms with Gasteiger partial charge in [-0.05, 0) is 43.2 Å². The van der Waals surface area contributed by atoms with Crippen LogP contribution >= 0.6 is 0 Å². The van der Waals surface area contributed by atoms with Crippen molar-refractivity contribution in [1.29, 1.82) is 0 Å². The SMILES string of the molecule is CCC(Oc1ccc(OC)cc1)C(=O)NCc1cccc(C)c1. The van der Waals surface area contributed by atoms with Gasteiger partial charge in [0, 0.05) is 6.54 Å². The molecule has 2 aromatic rings. The number of carbonyl (C=O) groups is 1. The lowest BCUT2D eigenvalue weighted by molar-refractivity contribution is -0.128. The standard InChI is InChI=1S/C19H23NO3/c1-4-18(23-17-10-8-16(22-3)9-11-17)19(21)20-13-15-7-5-6-14(2)12-15/h5-12,18H,4,13H2,1-3H3,(H,20,21). The average Bonchev–Trinajstić information content (AvgIpc) is 2.58. The third-order valence-electron chi connectivity index (χ3n) is 3.55. The van der Waals surface area contributed by atoms with Crippen LogP contribution in [0.4, 0.5) is 0 Å². The molecule has 0 bridgehead atoms. The van der Waals surface area contributed by atoms with E-state index in [0.29, 0.717) is 18.7 Å². The van der Waals surface area contributed by atoms with E-state index in [0.717, 1.165) is 11.3 Å². The van der Waals surface area contributed by atoms with E-state index in [1.54, 1.807) is 19.2 Å². The van der Waals surface area contributed by atoms with Gasteiger partial charge in [-0.25, -0.2) is 0 Å². The van der Waals surface area contributed by atoms with Crippen LogP contribution in [0.15, 0.2) is 48.5 Å². The molecule has 2 aromatic carbocycles. The number of nitrogens with one attached hydrogen (secondary N) is 1. The number of methoxy groups -OCH3 is 1. The summed E-state index contributed by atoms with van der Waals surface area (Å²) in [5, 5.41) is 2.93. The Bertz CT molecular complexity index is 637. The second-order valence-electron chi connectivity index (χ2n) is 5.40. The molecule has 0 saturated carbocycles. The van der Waals surface area contributed by atoms with Crippen molar-refractivity contribution in [1.82, 2.24) is 5.32 Å². The van der Waals surface area contributed by atoms with Crippen molar-refractivity contribution in [2.75, 3.05) is 7.11 Å². The number of hydrogen-bond acceptors (Lipinski definition) is 3. The van der Waals surface area contributed by atoms with Gasteiger partial charge in [0.25, 0.3) is 5.91 Å². The highest BCUT2D eigenvalue weighted by Gasteiger charge is 2.18. The lowest BCUT2D eigenvalue weighted by atomic mass is 10.1. The van der Waals surface area contributed by atoms with Gasteiger partial charge < -0.3 is 14.8 Å². The predicted octanol–water partition coefficient (Wildman–Crippen LogP) is 3.48. The molecular weight excluding hydrogens is 290 g/mol. The van der Waals surface area contributed by atoms with E-state index >= 15 is 0 Å². The lowest BCUT2D eigenvalue weighted by Gasteiger charge is -2.17. The van der Waals surface area contributed by atoms with Crippen molar-refractivity contribution >= 4 is 5.91 Å². The number of ether oxygens (including phenoxy) is 2. The molecular formula is C19H23NO3. The maximum Gasteiger partial charge on any atom is 0.261 e. The lowest BCUT2D eigenvalue weighted by Crippen LogP contribution is -2.37. The molecule has 4 nitrogen and oxygen atoms in total. The molecule has 0 aliphatic rings. The first-order valence-corrected chi connectivity index (χ1v) is 7.76. The van der Waals surface area contributed by atoms with E-state index in [-0.39, 0.29) is 5.91 Å². The maximum absolute atomic E-state index is 12.3. The Morgan fingerprint density at radius 2 is 1.83 bits per heavy atom. The highest BCUT2D eigenvalue weighted by molar-refractivity contribution is 5.81. The van der Waals surface area contributed by atoms with Gasteiger partial charge in [0.15, 0.2) is 6.10 Å². The van der Waals surface area contributed by atoms with Crippen LogP contribution in [-0.2, 0) is 11.3 Å². The fourth-order valence-corrected chi connectivity index (χ4v) is 2.27. The van der Waals surface area contributed by atoms with Crippen molar-refractivity contribution in [3.05, 3.63) is 59.7 Å². The van der Waals surface area contributed by atoms with Crippen molar-refractivity contribution in [3.8, 4) is 11.5 Å². The number of rotatable bonds is 7. The Labute approximate surface area is 137 Å². The highest BCUT2D eigenvalue weighted by Crippen LogP contribution is 2.19. The van der Waals surface area contributed by atoms with E-state index < -0.39 is 6.10 Å². The monoisotopic (exact) mass is 313 g/mol. The molecule has 1 atom stereocenters. The molecule has 0 aliphatic carbocycles. The minimum Gasteiger partial charge on any atom is -0.497 e. The molecule has 0 saturated heterocycles. The van der Waals surface area contributed by atoms with Crippen LogP contribution in [0.3, 0.4) is 0 Å². The molecule has 0 spiro atoms. The Balaban J connectivity index is 1.92. The van der Waals surface area contributed by atoms with E-state index in [2.05, 4.69) is 11.4 Å². The zero-order valence-electron chi connectivity index (χ0n) is 13.8. The second-order valence-corrected chi connectivity index (χ2v) is 5.40. The summed E-state index contributed by atoms with van der Waals surface area (Å²) in [6.07, 6.45) is 0.0966. The smallest absolute Gasteiger partial charge is 0.261 e. The van der Waals surface area contributed by atoms with Crippen LogP contribution in [0.5, 0.6) is 11.5 Å². The fourth-order valence-electron chi connectivity index (χ4n) is 2.27. The molecule has 4 heteroatoms. The van der Waals surface area contributed by atoms with Crippen LogP contribution in [0.1, 0.15) is 24.5 Å². The van der Waals surface area contributed by atoms with E-state index in [1.807, 2.05) is 44.2 Å². The quantitative estimate of drug-likeness (QED) is 0.851. The number of amides is 1. The van der Waals surface area contributed by atoms with Gasteiger partial charge in [-0.15, -0.1) is 0 Å². The molecule has 0 heterocycles. The summed E-state index contributed by atoms with van der Waals surface area (Å²) in [6, 6.07) is 15.3.